The lowest BCUT2D eigenvalue weighted by atomic mass is 9.97. The van der Waals surface area contributed by atoms with Crippen LogP contribution in [0.1, 0.15) is 45.5 Å². The number of hydrogen-bond acceptors (Lipinski definition) is 2. The van der Waals surface area contributed by atoms with Crippen molar-refractivity contribution in [1.29, 1.82) is 0 Å². The highest BCUT2D eigenvalue weighted by molar-refractivity contribution is 6.28. The van der Waals surface area contributed by atoms with Gasteiger partial charge in [-0.25, -0.2) is 0 Å². The lowest BCUT2D eigenvalue weighted by molar-refractivity contribution is 0.346. The maximum absolute atomic E-state index is 6.11. The van der Waals surface area contributed by atoms with Crippen LogP contribution in [-0.2, 0) is 6.42 Å². The van der Waals surface area contributed by atoms with Gasteiger partial charge in [0.05, 0.1) is 0 Å². The summed E-state index contributed by atoms with van der Waals surface area (Å²) >= 11 is 6.11. The molecule has 3 atom stereocenters. The molecule has 1 aromatic heterocycles. The number of aryl methyl sites for hydroxylation is 1. The molecule has 0 bridgehead atoms. The molecule has 3 unspecified atom stereocenters. The summed E-state index contributed by atoms with van der Waals surface area (Å²) in [7, 11) is 0. The van der Waals surface area contributed by atoms with Gasteiger partial charge in [-0.2, -0.15) is 0 Å². The van der Waals surface area contributed by atoms with Gasteiger partial charge < -0.3 is 0 Å². The Labute approximate surface area is 95.8 Å². The topological polar surface area (TPSA) is 30.7 Å². The van der Waals surface area contributed by atoms with Gasteiger partial charge in [-0.3, -0.25) is 4.57 Å². The van der Waals surface area contributed by atoms with Gasteiger partial charge in [-0.15, -0.1) is 10.2 Å². The Bertz CT molecular complexity index is 348. The molecule has 0 aromatic carbocycles. The minimum absolute atomic E-state index is 0.498. The SMILES string of the molecule is CCc1nnc(Cl)n1C1CCC(C)C1C. The first-order valence-electron chi connectivity index (χ1n) is 5.74. The van der Waals surface area contributed by atoms with Gasteiger partial charge in [-0.05, 0) is 36.3 Å². The van der Waals surface area contributed by atoms with Crippen LogP contribution in [0.15, 0.2) is 0 Å². The highest BCUT2D eigenvalue weighted by atomic mass is 35.5. The van der Waals surface area contributed by atoms with Gasteiger partial charge in [-0.1, -0.05) is 20.8 Å². The van der Waals surface area contributed by atoms with E-state index in [0.29, 0.717) is 17.2 Å². The van der Waals surface area contributed by atoms with Crippen molar-refractivity contribution in [2.75, 3.05) is 0 Å². The Hall–Kier alpha value is -0.570. The standard InChI is InChI=1S/C11H18ClN3/c1-4-10-13-14-11(12)15(10)9-6-5-7(2)8(9)3/h7-9H,4-6H2,1-3H3. The maximum Gasteiger partial charge on any atom is 0.225 e. The number of nitrogens with zero attached hydrogens (tertiary/aromatic N) is 3. The first-order chi connectivity index (χ1) is 7.15. The van der Waals surface area contributed by atoms with Crippen molar-refractivity contribution in [2.45, 2.75) is 46.1 Å². The highest BCUT2D eigenvalue weighted by Gasteiger charge is 2.33. The molecule has 2 rings (SSSR count). The normalized spacial score (nSPS) is 31.1. The molecule has 0 aliphatic heterocycles. The molecule has 0 radical (unpaired) electrons. The Morgan fingerprint density at radius 3 is 2.60 bits per heavy atom. The molecule has 1 aliphatic rings. The van der Waals surface area contributed by atoms with Crippen LogP contribution in [0.4, 0.5) is 0 Å². The minimum Gasteiger partial charge on any atom is -0.298 e. The third kappa shape index (κ3) is 1.78. The predicted molar refractivity (Wildman–Crippen MR) is 61.0 cm³/mol. The van der Waals surface area contributed by atoms with Crippen LogP contribution in [0.2, 0.25) is 5.28 Å². The summed E-state index contributed by atoms with van der Waals surface area (Å²) < 4.78 is 2.13. The summed E-state index contributed by atoms with van der Waals surface area (Å²) in [4.78, 5) is 0. The molecule has 84 valence electrons. The molecule has 1 fully saturated rings. The van der Waals surface area contributed by atoms with E-state index < -0.39 is 0 Å². The second kappa shape index (κ2) is 4.12. The fourth-order valence-corrected chi connectivity index (χ4v) is 2.83. The molecule has 3 nitrogen and oxygen atoms in total. The Balaban J connectivity index is 2.32. The Morgan fingerprint density at radius 2 is 2.07 bits per heavy atom. The average Bonchev–Trinajstić information content (AvgIpc) is 2.73. The van der Waals surface area contributed by atoms with Crippen molar-refractivity contribution in [3.8, 4) is 0 Å². The first-order valence-corrected chi connectivity index (χ1v) is 6.12. The van der Waals surface area contributed by atoms with E-state index in [1.807, 2.05) is 0 Å². The molecule has 0 amide bonds. The van der Waals surface area contributed by atoms with E-state index in [0.717, 1.165) is 18.2 Å². The van der Waals surface area contributed by atoms with E-state index in [1.165, 1.54) is 12.8 Å². The Morgan fingerprint density at radius 1 is 1.33 bits per heavy atom. The van der Waals surface area contributed by atoms with Crippen molar-refractivity contribution in [2.24, 2.45) is 11.8 Å². The predicted octanol–water partition coefficient (Wildman–Crippen LogP) is 3.10. The van der Waals surface area contributed by atoms with Crippen LogP contribution in [0.25, 0.3) is 0 Å². The first kappa shape index (κ1) is 10.9. The molecule has 0 N–H and O–H groups in total. The number of hydrogen-bond donors (Lipinski definition) is 0. The van der Waals surface area contributed by atoms with Crippen molar-refractivity contribution in [3.05, 3.63) is 11.1 Å². The highest BCUT2D eigenvalue weighted by Crippen LogP contribution is 2.41. The molecule has 4 heteroatoms. The van der Waals surface area contributed by atoms with Gasteiger partial charge in [0, 0.05) is 12.5 Å². The van der Waals surface area contributed by atoms with Crippen molar-refractivity contribution in [3.63, 3.8) is 0 Å². The van der Waals surface area contributed by atoms with E-state index in [-0.39, 0.29) is 0 Å². The van der Waals surface area contributed by atoms with E-state index >= 15 is 0 Å². The average molecular weight is 228 g/mol. The van der Waals surface area contributed by atoms with Gasteiger partial charge in [0.1, 0.15) is 5.82 Å². The van der Waals surface area contributed by atoms with Gasteiger partial charge >= 0.3 is 0 Å². The molecule has 1 aromatic rings. The molecule has 1 aliphatic carbocycles. The van der Waals surface area contributed by atoms with Crippen LogP contribution in [-0.4, -0.2) is 14.8 Å². The molecule has 1 saturated carbocycles. The van der Waals surface area contributed by atoms with Crippen molar-refractivity contribution in [1.82, 2.24) is 14.8 Å². The maximum atomic E-state index is 6.11. The second-order valence-corrected chi connectivity index (χ2v) is 4.93. The van der Waals surface area contributed by atoms with E-state index in [9.17, 15) is 0 Å². The molecular weight excluding hydrogens is 210 g/mol. The van der Waals surface area contributed by atoms with Crippen molar-refractivity contribution >= 4 is 11.6 Å². The van der Waals surface area contributed by atoms with Crippen LogP contribution >= 0.6 is 11.6 Å². The molecule has 0 saturated heterocycles. The lowest BCUT2D eigenvalue weighted by Gasteiger charge is -2.21. The quantitative estimate of drug-likeness (QED) is 0.778. The summed E-state index contributed by atoms with van der Waals surface area (Å²) in [6.45, 7) is 6.71. The number of aromatic nitrogens is 3. The number of rotatable bonds is 2. The van der Waals surface area contributed by atoms with Gasteiger partial charge in [0.2, 0.25) is 5.28 Å². The van der Waals surface area contributed by atoms with Crippen LogP contribution in [0, 0.1) is 11.8 Å². The van der Waals surface area contributed by atoms with E-state index in [4.69, 9.17) is 11.6 Å². The van der Waals surface area contributed by atoms with E-state index in [1.54, 1.807) is 0 Å². The fraction of sp³-hybridized carbons (Fsp3) is 0.818. The minimum atomic E-state index is 0.498. The molecular formula is C11H18ClN3. The Kier molecular flexibility index (Phi) is 3.01. The van der Waals surface area contributed by atoms with Crippen LogP contribution < -0.4 is 0 Å². The summed E-state index contributed by atoms with van der Waals surface area (Å²) in [6, 6.07) is 0.498. The summed E-state index contributed by atoms with van der Waals surface area (Å²) in [5.74, 6) is 2.47. The summed E-state index contributed by atoms with van der Waals surface area (Å²) in [5, 5.41) is 8.64. The number of halogens is 1. The van der Waals surface area contributed by atoms with Crippen LogP contribution in [0.3, 0.4) is 0 Å². The fourth-order valence-electron chi connectivity index (χ4n) is 2.57. The third-order valence-corrected chi connectivity index (χ3v) is 4.05. The lowest BCUT2D eigenvalue weighted by Crippen LogP contribution is -2.17. The molecule has 15 heavy (non-hydrogen) atoms. The zero-order chi connectivity index (χ0) is 11.0. The van der Waals surface area contributed by atoms with Gasteiger partial charge in [0.25, 0.3) is 0 Å². The second-order valence-electron chi connectivity index (χ2n) is 4.59. The smallest absolute Gasteiger partial charge is 0.225 e. The van der Waals surface area contributed by atoms with Crippen molar-refractivity contribution < 1.29 is 0 Å². The zero-order valence-electron chi connectivity index (χ0n) is 9.57. The molecule has 1 heterocycles. The summed E-state index contributed by atoms with van der Waals surface area (Å²) in [6.07, 6.45) is 3.38. The largest absolute Gasteiger partial charge is 0.298 e. The van der Waals surface area contributed by atoms with Crippen LogP contribution in [0.5, 0.6) is 0 Å². The zero-order valence-corrected chi connectivity index (χ0v) is 10.3. The third-order valence-electron chi connectivity index (χ3n) is 3.79. The van der Waals surface area contributed by atoms with Gasteiger partial charge in [0.15, 0.2) is 0 Å². The van der Waals surface area contributed by atoms with E-state index in [2.05, 4.69) is 35.5 Å². The molecule has 0 spiro atoms. The monoisotopic (exact) mass is 227 g/mol. The summed E-state index contributed by atoms with van der Waals surface area (Å²) in [5.41, 5.74) is 0.